The van der Waals surface area contributed by atoms with E-state index in [4.69, 9.17) is 4.74 Å². The lowest BCUT2D eigenvalue weighted by Crippen LogP contribution is -2.39. The number of nitrogens with one attached hydrogen (secondary N) is 2. The van der Waals surface area contributed by atoms with Crippen LogP contribution in [0.25, 0.3) is 0 Å². The fourth-order valence-corrected chi connectivity index (χ4v) is 1.83. The van der Waals surface area contributed by atoms with Gasteiger partial charge in [-0.15, -0.1) is 0 Å². The van der Waals surface area contributed by atoms with Crippen molar-refractivity contribution in [2.24, 2.45) is 0 Å². The summed E-state index contributed by atoms with van der Waals surface area (Å²) in [6.45, 7) is 2.11. The first-order valence-corrected chi connectivity index (χ1v) is 5.87. The van der Waals surface area contributed by atoms with Gasteiger partial charge in [0.1, 0.15) is 6.04 Å². The van der Waals surface area contributed by atoms with Crippen LogP contribution in [0.15, 0.2) is 12.1 Å². The van der Waals surface area contributed by atoms with Crippen molar-refractivity contribution in [2.45, 2.75) is 32.2 Å². The molecule has 1 aromatic rings. The van der Waals surface area contributed by atoms with Crippen LogP contribution in [-0.2, 0) is 4.79 Å². The molecular formula is C12H17N3O2. The average Bonchev–Trinajstić information content (AvgIpc) is 2.35. The zero-order chi connectivity index (χ0) is 12.3. The number of nitrogens with zero attached hydrogens (tertiary/aromatic N) is 1. The third-order valence-electron chi connectivity index (χ3n) is 2.81. The lowest BCUT2D eigenvalue weighted by atomic mass is 10.1. The van der Waals surface area contributed by atoms with Crippen LogP contribution in [-0.4, -0.2) is 24.0 Å². The van der Waals surface area contributed by atoms with Crippen LogP contribution in [0.4, 0.5) is 11.5 Å². The molecular weight excluding hydrogens is 218 g/mol. The van der Waals surface area contributed by atoms with E-state index >= 15 is 0 Å². The van der Waals surface area contributed by atoms with E-state index in [0.29, 0.717) is 17.4 Å². The number of anilines is 2. The Hall–Kier alpha value is -1.78. The molecule has 0 aromatic carbocycles. The van der Waals surface area contributed by atoms with Crippen molar-refractivity contribution in [3.05, 3.63) is 12.1 Å². The Morgan fingerprint density at radius 1 is 1.47 bits per heavy atom. The van der Waals surface area contributed by atoms with Crippen molar-refractivity contribution in [2.75, 3.05) is 17.7 Å². The zero-order valence-corrected chi connectivity index (χ0v) is 10.1. The largest absolute Gasteiger partial charge is 0.481 e. The Kier molecular flexibility index (Phi) is 3.46. The van der Waals surface area contributed by atoms with Crippen LogP contribution in [0.3, 0.4) is 0 Å². The summed E-state index contributed by atoms with van der Waals surface area (Å²) >= 11 is 0. The Bertz CT molecular complexity index is 420. The molecule has 1 aliphatic heterocycles. The normalized spacial score (nSPS) is 18.0. The molecule has 0 spiro atoms. The van der Waals surface area contributed by atoms with E-state index in [-0.39, 0.29) is 11.9 Å². The van der Waals surface area contributed by atoms with Crippen molar-refractivity contribution < 1.29 is 9.53 Å². The number of amides is 1. The first-order valence-electron chi connectivity index (χ1n) is 5.87. The second kappa shape index (κ2) is 5.03. The second-order valence-electron chi connectivity index (χ2n) is 4.08. The summed E-state index contributed by atoms with van der Waals surface area (Å²) in [6, 6.07) is 3.33. The molecule has 0 aliphatic carbocycles. The Balaban J connectivity index is 2.16. The van der Waals surface area contributed by atoms with E-state index in [1.54, 1.807) is 19.2 Å². The predicted octanol–water partition coefficient (Wildman–Crippen LogP) is 2.01. The quantitative estimate of drug-likeness (QED) is 0.838. The van der Waals surface area contributed by atoms with Gasteiger partial charge in [0.25, 0.3) is 0 Å². The van der Waals surface area contributed by atoms with Crippen molar-refractivity contribution in [1.82, 2.24) is 4.98 Å². The molecule has 0 saturated carbocycles. The van der Waals surface area contributed by atoms with Crippen LogP contribution in [0, 0.1) is 0 Å². The monoisotopic (exact) mass is 235 g/mol. The van der Waals surface area contributed by atoms with Gasteiger partial charge in [0.15, 0.2) is 5.82 Å². The van der Waals surface area contributed by atoms with Gasteiger partial charge in [-0.1, -0.05) is 19.8 Å². The molecule has 2 heterocycles. The van der Waals surface area contributed by atoms with E-state index in [1.165, 1.54) is 0 Å². The molecule has 1 aromatic heterocycles. The molecule has 0 bridgehead atoms. The van der Waals surface area contributed by atoms with E-state index in [9.17, 15) is 4.79 Å². The highest BCUT2D eigenvalue weighted by Gasteiger charge is 2.25. The molecule has 17 heavy (non-hydrogen) atoms. The molecule has 0 saturated heterocycles. The minimum atomic E-state index is -0.193. The van der Waals surface area contributed by atoms with Gasteiger partial charge in [0, 0.05) is 6.07 Å². The van der Waals surface area contributed by atoms with Gasteiger partial charge in [-0.25, -0.2) is 0 Å². The van der Waals surface area contributed by atoms with Crippen LogP contribution in [0.1, 0.15) is 26.2 Å². The summed E-state index contributed by atoms with van der Waals surface area (Å²) in [6.07, 6.45) is 2.91. The van der Waals surface area contributed by atoms with Gasteiger partial charge in [0.2, 0.25) is 11.8 Å². The SMILES string of the molecule is CCCCC1Nc2nc(OC)ccc2NC1=O. The molecule has 1 atom stereocenters. The smallest absolute Gasteiger partial charge is 0.247 e. The predicted molar refractivity (Wildman–Crippen MR) is 66.4 cm³/mol. The number of methoxy groups -OCH3 is 1. The number of rotatable bonds is 4. The third-order valence-corrected chi connectivity index (χ3v) is 2.81. The van der Waals surface area contributed by atoms with Gasteiger partial charge in [-0.3, -0.25) is 4.79 Å². The zero-order valence-electron chi connectivity index (χ0n) is 10.1. The van der Waals surface area contributed by atoms with E-state index < -0.39 is 0 Å². The number of aromatic nitrogens is 1. The van der Waals surface area contributed by atoms with Gasteiger partial charge in [-0.05, 0) is 12.5 Å². The Morgan fingerprint density at radius 3 is 3.00 bits per heavy atom. The number of carbonyl (C=O) groups excluding carboxylic acids is 1. The third kappa shape index (κ3) is 2.49. The van der Waals surface area contributed by atoms with Gasteiger partial charge in [-0.2, -0.15) is 4.98 Å². The Labute approximate surface area is 101 Å². The fourth-order valence-electron chi connectivity index (χ4n) is 1.83. The topological polar surface area (TPSA) is 63.3 Å². The summed E-state index contributed by atoms with van der Waals surface area (Å²) in [5, 5.41) is 6.00. The number of carbonyl (C=O) groups is 1. The molecule has 2 rings (SSSR count). The van der Waals surface area contributed by atoms with Crippen LogP contribution < -0.4 is 15.4 Å². The minimum Gasteiger partial charge on any atom is -0.481 e. The molecule has 0 fully saturated rings. The summed E-state index contributed by atoms with van der Waals surface area (Å²) in [7, 11) is 1.57. The molecule has 92 valence electrons. The summed E-state index contributed by atoms with van der Waals surface area (Å²) in [4.78, 5) is 16.1. The average molecular weight is 235 g/mol. The molecule has 5 nitrogen and oxygen atoms in total. The summed E-state index contributed by atoms with van der Waals surface area (Å²) in [5.74, 6) is 1.24. The summed E-state index contributed by atoms with van der Waals surface area (Å²) in [5.41, 5.74) is 0.712. The Morgan fingerprint density at radius 2 is 2.29 bits per heavy atom. The minimum absolute atomic E-state index is 0.0120. The van der Waals surface area contributed by atoms with Crippen molar-refractivity contribution in [1.29, 1.82) is 0 Å². The standard InChI is InChI=1S/C12H17N3O2/c1-3-4-5-9-12(16)14-8-6-7-10(17-2)15-11(8)13-9/h6-7,9H,3-5H2,1-2H3,(H,13,15)(H,14,16). The van der Waals surface area contributed by atoms with E-state index in [2.05, 4.69) is 22.5 Å². The highest BCUT2D eigenvalue weighted by molar-refractivity contribution is 6.02. The maximum absolute atomic E-state index is 11.8. The van der Waals surface area contributed by atoms with E-state index in [1.807, 2.05) is 0 Å². The second-order valence-corrected chi connectivity index (χ2v) is 4.08. The first-order chi connectivity index (χ1) is 8.24. The van der Waals surface area contributed by atoms with Gasteiger partial charge >= 0.3 is 0 Å². The van der Waals surface area contributed by atoms with Gasteiger partial charge in [0.05, 0.1) is 12.8 Å². The maximum Gasteiger partial charge on any atom is 0.247 e. The molecule has 1 amide bonds. The molecule has 5 heteroatoms. The lowest BCUT2D eigenvalue weighted by molar-refractivity contribution is -0.117. The van der Waals surface area contributed by atoms with Crippen LogP contribution >= 0.6 is 0 Å². The van der Waals surface area contributed by atoms with Crippen molar-refractivity contribution in [3.63, 3.8) is 0 Å². The maximum atomic E-state index is 11.8. The number of fused-ring (bicyclic) bond motifs is 1. The molecule has 2 N–H and O–H groups in total. The first kappa shape index (κ1) is 11.7. The van der Waals surface area contributed by atoms with Crippen LogP contribution in [0.2, 0.25) is 0 Å². The number of ether oxygens (including phenoxy) is 1. The number of hydrogen-bond donors (Lipinski definition) is 2. The molecule has 0 radical (unpaired) electrons. The lowest BCUT2D eigenvalue weighted by Gasteiger charge is -2.25. The van der Waals surface area contributed by atoms with Crippen molar-refractivity contribution in [3.8, 4) is 5.88 Å². The number of unbranched alkanes of at least 4 members (excludes halogenated alkanes) is 1. The van der Waals surface area contributed by atoms with Gasteiger partial charge < -0.3 is 15.4 Å². The van der Waals surface area contributed by atoms with E-state index in [0.717, 1.165) is 19.3 Å². The summed E-state index contributed by atoms with van der Waals surface area (Å²) < 4.78 is 5.06. The molecule has 1 unspecified atom stereocenters. The fraction of sp³-hybridized carbons (Fsp3) is 0.500. The van der Waals surface area contributed by atoms with Crippen molar-refractivity contribution >= 4 is 17.4 Å². The number of pyridine rings is 1. The highest BCUT2D eigenvalue weighted by atomic mass is 16.5. The highest BCUT2D eigenvalue weighted by Crippen LogP contribution is 2.28. The molecule has 1 aliphatic rings. The number of hydrogen-bond acceptors (Lipinski definition) is 4. The van der Waals surface area contributed by atoms with Crippen LogP contribution in [0.5, 0.6) is 5.88 Å².